The Morgan fingerprint density at radius 3 is 2.09 bits per heavy atom. The lowest BCUT2D eigenvalue weighted by atomic mass is 9.88. The van der Waals surface area contributed by atoms with Crippen molar-refractivity contribution in [3.05, 3.63) is 59.7 Å². The van der Waals surface area contributed by atoms with Crippen LogP contribution >= 0.6 is 0 Å². The van der Waals surface area contributed by atoms with Crippen LogP contribution in [0.1, 0.15) is 57.6 Å². The van der Waals surface area contributed by atoms with E-state index in [1.54, 1.807) is 0 Å². The summed E-state index contributed by atoms with van der Waals surface area (Å²) in [6.07, 6.45) is -0.291. The van der Waals surface area contributed by atoms with Crippen LogP contribution in [-0.4, -0.2) is 42.8 Å². The highest BCUT2D eigenvalue weighted by atomic mass is 16.5. The van der Waals surface area contributed by atoms with Gasteiger partial charge in [0.05, 0.1) is 6.42 Å². The molecule has 1 unspecified atom stereocenters. The van der Waals surface area contributed by atoms with Crippen LogP contribution < -0.4 is 10.6 Å². The minimum absolute atomic E-state index is 0.00774. The summed E-state index contributed by atoms with van der Waals surface area (Å²) < 4.78 is 5.58. The maximum Gasteiger partial charge on any atom is 0.407 e. The molecule has 0 radical (unpaired) electrons. The van der Waals surface area contributed by atoms with Gasteiger partial charge in [0, 0.05) is 25.4 Å². The smallest absolute Gasteiger partial charge is 0.407 e. The van der Waals surface area contributed by atoms with Crippen LogP contribution in [0.4, 0.5) is 4.79 Å². The first-order chi connectivity index (χ1) is 16.6. The summed E-state index contributed by atoms with van der Waals surface area (Å²) in [4.78, 5) is 35.9. The lowest BCUT2D eigenvalue weighted by Gasteiger charge is -2.25. The van der Waals surface area contributed by atoms with Crippen LogP contribution in [0.3, 0.4) is 0 Å². The van der Waals surface area contributed by atoms with Crippen molar-refractivity contribution < 1.29 is 24.2 Å². The minimum Gasteiger partial charge on any atom is -0.481 e. The number of ether oxygens (including phenoxy) is 1. The second-order valence-electron chi connectivity index (χ2n) is 10.4. The molecule has 2 amide bonds. The van der Waals surface area contributed by atoms with Gasteiger partial charge in [-0.05, 0) is 39.5 Å². The maximum atomic E-state index is 12.5. The molecule has 0 spiro atoms. The van der Waals surface area contributed by atoms with Gasteiger partial charge in [0.25, 0.3) is 0 Å². The highest BCUT2D eigenvalue weighted by molar-refractivity contribution is 5.79. The Morgan fingerprint density at radius 1 is 0.971 bits per heavy atom. The quantitative estimate of drug-likeness (QED) is 0.428. The molecule has 0 saturated carbocycles. The third-order valence-electron chi connectivity index (χ3n) is 6.64. The summed E-state index contributed by atoms with van der Waals surface area (Å²) >= 11 is 0. The van der Waals surface area contributed by atoms with Crippen LogP contribution in [0.2, 0.25) is 0 Å². The van der Waals surface area contributed by atoms with E-state index in [2.05, 4.69) is 34.9 Å². The number of aliphatic carboxylic acids is 1. The predicted octanol–water partition coefficient (Wildman–Crippen LogP) is 4.80. The average molecular weight is 481 g/mol. The monoisotopic (exact) mass is 480 g/mol. The van der Waals surface area contributed by atoms with Crippen LogP contribution in [-0.2, 0) is 14.3 Å². The fourth-order valence-corrected chi connectivity index (χ4v) is 4.53. The van der Waals surface area contributed by atoms with Crippen LogP contribution in [0.5, 0.6) is 0 Å². The van der Waals surface area contributed by atoms with Crippen molar-refractivity contribution in [2.75, 3.05) is 19.7 Å². The van der Waals surface area contributed by atoms with E-state index in [-0.39, 0.29) is 49.7 Å². The Labute approximate surface area is 207 Å². The number of carbonyl (C=O) groups excluding carboxylic acids is 2. The largest absolute Gasteiger partial charge is 0.481 e. The Kier molecular flexibility index (Phi) is 8.54. The number of benzene rings is 2. The fraction of sp³-hybridized carbons (Fsp3) is 0.464. The summed E-state index contributed by atoms with van der Waals surface area (Å²) in [6, 6.07) is 16.3. The number of carboxylic acid groups (broad SMARTS) is 1. The molecule has 2 aromatic carbocycles. The molecule has 1 atom stereocenters. The number of alkyl carbamates (subject to hydrolysis) is 1. The van der Waals surface area contributed by atoms with Crippen molar-refractivity contribution in [2.45, 2.75) is 46.5 Å². The predicted molar refractivity (Wildman–Crippen MR) is 135 cm³/mol. The molecular formula is C28H36N2O5. The van der Waals surface area contributed by atoms with E-state index in [0.29, 0.717) is 6.54 Å². The third-order valence-corrected chi connectivity index (χ3v) is 6.64. The Hall–Kier alpha value is -3.35. The van der Waals surface area contributed by atoms with Gasteiger partial charge in [-0.2, -0.15) is 0 Å². The molecule has 3 rings (SSSR count). The van der Waals surface area contributed by atoms with Crippen molar-refractivity contribution in [3.63, 3.8) is 0 Å². The zero-order valence-electron chi connectivity index (χ0n) is 21.0. The molecule has 1 aliphatic rings. The van der Waals surface area contributed by atoms with Crippen molar-refractivity contribution in [2.24, 2.45) is 17.3 Å². The van der Waals surface area contributed by atoms with Gasteiger partial charge in [-0.3, -0.25) is 9.59 Å². The zero-order valence-corrected chi connectivity index (χ0v) is 21.0. The highest BCUT2D eigenvalue weighted by Crippen LogP contribution is 2.44. The van der Waals surface area contributed by atoms with Crippen molar-refractivity contribution in [3.8, 4) is 11.1 Å². The van der Waals surface area contributed by atoms with E-state index in [1.165, 1.54) is 11.1 Å². The SMILES string of the molecule is CC(C)C(CNC(=O)CC(C)(C)CNC(=O)OCC1c2ccccc2-c2ccccc21)CC(=O)O. The fourth-order valence-electron chi connectivity index (χ4n) is 4.53. The number of hydrogen-bond donors (Lipinski definition) is 3. The second-order valence-corrected chi connectivity index (χ2v) is 10.4. The van der Waals surface area contributed by atoms with Gasteiger partial charge in [0.15, 0.2) is 0 Å². The minimum atomic E-state index is -0.870. The summed E-state index contributed by atoms with van der Waals surface area (Å²) in [5.41, 5.74) is 4.16. The molecule has 0 bridgehead atoms. The molecule has 7 heteroatoms. The molecule has 0 heterocycles. The molecule has 2 aromatic rings. The standard InChI is InChI=1S/C28H36N2O5/c1-18(2)19(13-26(32)33)15-29-25(31)14-28(3,4)17-30-27(34)35-16-24-22-11-7-5-9-20(22)21-10-6-8-12-23(21)24/h5-12,18-19,24H,13-17H2,1-4H3,(H,29,31)(H,30,34)(H,32,33). The number of carbonyl (C=O) groups is 3. The van der Waals surface area contributed by atoms with Crippen LogP contribution in [0.25, 0.3) is 11.1 Å². The summed E-state index contributed by atoms with van der Waals surface area (Å²) in [6.45, 7) is 8.52. The van der Waals surface area contributed by atoms with Gasteiger partial charge >= 0.3 is 12.1 Å². The molecule has 188 valence electrons. The Bertz CT molecular complexity index is 1020. The number of nitrogens with one attached hydrogen (secondary N) is 2. The Balaban J connectivity index is 1.47. The summed E-state index contributed by atoms with van der Waals surface area (Å²) in [5, 5.41) is 14.7. The van der Waals surface area contributed by atoms with Gasteiger partial charge in [0.2, 0.25) is 5.91 Å². The van der Waals surface area contributed by atoms with Crippen LogP contribution in [0, 0.1) is 17.3 Å². The van der Waals surface area contributed by atoms with E-state index in [0.717, 1.165) is 11.1 Å². The lowest BCUT2D eigenvalue weighted by Crippen LogP contribution is -2.40. The summed E-state index contributed by atoms with van der Waals surface area (Å²) in [7, 11) is 0. The van der Waals surface area contributed by atoms with Gasteiger partial charge in [-0.25, -0.2) is 4.79 Å². The summed E-state index contributed by atoms with van der Waals surface area (Å²) in [5.74, 6) is -1.02. The van der Waals surface area contributed by atoms with E-state index in [1.807, 2.05) is 52.0 Å². The number of carboxylic acids is 1. The highest BCUT2D eigenvalue weighted by Gasteiger charge is 2.29. The first-order valence-electron chi connectivity index (χ1n) is 12.1. The molecule has 7 nitrogen and oxygen atoms in total. The normalized spacial score (nSPS) is 13.6. The third kappa shape index (κ3) is 7.07. The number of fused-ring (bicyclic) bond motifs is 3. The van der Waals surface area contributed by atoms with E-state index in [4.69, 9.17) is 9.84 Å². The topological polar surface area (TPSA) is 105 Å². The number of hydrogen-bond acceptors (Lipinski definition) is 4. The molecule has 3 N–H and O–H groups in total. The van der Waals surface area contributed by atoms with Crippen molar-refractivity contribution in [1.29, 1.82) is 0 Å². The molecule has 0 fully saturated rings. The zero-order chi connectivity index (χ0) is 25.6. The first-order valence-corrected chi connectivity index (χ1v) is 12.1. The molecule has 1 aliphatic carbocycles. The van der Waals surface area contributed by atoms with E-state index in [9.17, 15) is 14.4 Å². The van der Waals surface area contributed by atoms with Crippen LogP contribution in [0.15, 0.2) is 48.5 Å². The van der Waals surface area contributed by atoms with Crippen molar-refractivity contribution in [1.82, 2.24) is 10.6 Å². The van der Waals surface area contributed by atoms with Gasteiger partial charge in [-0.15, -0.1) is 0 Å². The van der Waals surface area contributed by atoms with Gasteiger partial charge in [-0.1, -0.05) is 76.2 Å². The number of rotatable bonds is 11. The first kappa shape index (κ1) is 26.3. The average Bonchev–Trinajstić information content (AvgIpc) is 3.12. The van der Waals surface area contributed by atoms with Crippen molar-refractivity contribution >= 4 is 18.0 Å². The molecule has 0 aromatic heterocycles. The molecule has 35 heavy (non-hydrogen) atoms. The lowest BCUT2D eigenvalue weighted by molar-refractivity contribution is -0.138. The second kappa shape index (κ2) is 11.4. The molecule has 0 saturated heterocycles. The molecular weight excluding hydrogens is 444 g/mol. The van der Waals surface area contributed by atoms with E-state index >= 15 is 0 Å². The van der Waals surface area contributed by atoms with Gasteiger partial charge < -0.3 is 20.5 Å². The molecule has 0 aliphatic heterocycles. The number of amides is 2. The van der Waals surface area contributed by atoms with E-state index < -0.39 is 17.5 Å². The maximum absolute atomic E-state index is 12.5. The Morgan fingerprint density at radius 2 is 1.54 bits per heavy atom. The van der Waals surface area contributed by atoms with Gasteiger partial charge in [0.1, 0.15) is 6.61 Å².